The third-order valence-corrected chi connectivity index (χ3v) is 3.25. The Labute approximate surface area is 132 Å². The van der Waals surface area contributed by atoms with Gasteiger partial charge in [-0.3, -0.25) is 9.59 Å². The van der Waals surface area contributed by atoms with Gasteiger partial charge in [0.25, 0.3) is 11.8 Å². The Morgan fingerprint density at radius 1 is 1.13 bits per heavy atom. The van der Waals surface area contributed by atoms with E-state index in [-0.39, 0.29) is 25.0 Å². The molecule has 1 unspecified atom stereocenters. The Bertz CT molecular complexity index is 581. The number of hydrogen-bond donors (Lipinski definition) is 3. The van der Waals surface area contributed by atoms with Crippen LogP contribution in [0.2, 0.25) is 0 Å². The molecule has 0 saturated heterocycles. The summed E-state index contributed by atoms with van der Waals surface area (Å²) in [6.07, 6.45) is 0.792. The fourth-order valence-electron chi connectivity index (χ4n) is 1.86. The topological polar surface area (TPSA) is 62.6 Å². The molecule has 128 valence electrons. The zero-order valence-electron chi connectivity index (χ0n) is 13.3. The van der Waals surface area contributed by atoms with Crippen LogP contribution in [-0.2, 0) is 9.59 Å². The van der Waals surface area contributed by atoms with Gasteiger partial charge < -0.3 is 15.5 Å². The van der Waals surface area contributed by atoms with E-state index in [2.05, 4.69) is 10.6 Å². The summed E-state index contributed by atoms with van der Waals surface area (Å²) < 4.78 is 39.3. The van der Waals surface area contributed by atoms with Crippen molar-refractivity contribution in [3.05, 3.63) is 29.6 Å². The molecular formula is C15H21F3N3O2+. The third kappa shape index (κ3) is 5.90. The van der Waals surface area contributed by atoms with Gasteiger partial charge in [-0.2, -0.15) is 0 Å². The number of quaternary nitrogens is 1. The molecule has 2 atom stereocenters. The van der Waals surface area contributed by atoms with Crippen LogP contribution in [0.15, 0.2) is 12.1 Å². The summed E-state index contributed by atoms with van der Waals surface area (Å²) >= 11 is 0. The van der Waals surface area contributed by atoms with Crippen molar-refractivity contribution >= 4 is 17.5 Å². The molecule has 1 rings (SSSR count). The molecule has 0 bridgehead atoms. The molecule has 0 spiro atoms. The van der Waals surface area contributed by atoms with Crippen LogP contribution in [-0.4, -0.2) is 38.0 Å². The Morgan fingerprint density at radius 3 is 2.35 bits per heavy atom. The van der Waals surface area contributed by atoms with Gasteiger partial charge in [-0.05, 0) is 25.5 Å². The lowest BCUT2D eigenvalue weighted by Gasteiger charge is -2.16. The molecule has 23 heavy (non-hydrogen) atoms. The maximum Gasteiger partial charge on any atom is 0.279 e. The van der Waals surface area contributed by atoms with E-state index in [0.29, 0.717) is 4.90 Å². The summed E-state index contributed by atoms with van der Waals surface area (Å²) in [6.45, 7) is 3.75. The first kappa shape index (κ1) is 19.0. The number of carbonyl (C=O) groups excluding carboxylic acids is 2. The molecule has 3 N–H and O–H groups in total. The molecule has 1 aromatic carbocycles. The van der Waals surface area contributed by atoms with Crippen LogP contribution in [0.5, 0.6) is 0 Å². The maximum absolute atomic E-state index is 13.5. The molecule has 0 fully saturated rings. The quantitative estimate of drug-likeness (QED) is 0.636. The molecule has 0 aromatic heterocycles. The predicted molar refractivity (Wildman–Crippen MR) is 79.5 cm³/mol. The van der Waals surface area contributed by atoms with Gasteiger partial charge in [-0.15, -0.1) is 0 Å². The van der Waals surface area contributed by atoms with Crippen LogP contribution in [0.1, 0.15) is 20.3 Å². The van der Waals surface area contributed by atoms with E-state index in [1.54, 1.807) is 7.05 Å². The molecular weight excluding hydrogens is 311 g/mol. The van der Waals surface area contributed by atoms with Crippen molar-refractivity contribution in [3.63, 3.8) is 0 Å². The zero-order valence-corrected chi connectivity index (χ0v) is 13.3. The third-order valence-electron chi connectivity index (χ3n) is 3.25. The second-order valence-electron chi connectivity index (χ2n) is 5.46. The highest BCUT2D eigenvalue weighted by Crippen LogP contribution is 2.19. The molecule has 0 heterocycles. The van der Waals surface area contributed by atoms with Crippen molar-refractivity contribution in [1.29, 1.82) is 0 Å². The van der Waals surface area contributed by atoms with Crippen molar-refractivity contribution in [2.24, 2.45) is 0 Å². The highest BCUT2D eigenvalue weighted by atomic mass is 19.2. The minimum absolute atomic E-state index is 0.0420. The van der Waals surface area contributed by atoms with Crippen LogP contribution < -0.4 is 15.5 Å². The van der Waals surface area contributed by atoms with Crippen molar-refractivity contribution in [3.8, 4) is 0 Å². The lowest BCUT2D eigenvalue weighted by atomic mass is 10.2. The van der Waals surface area contributed by atoms with Gasteiger partial charge in [0.1, 0.15) is 0 Å². The monoisotopic (exact) mass is 332 g/mol. The van der Waals surface area contributed by atoms with E-state index < -0.39 is 29.0 Å². The fraction of sp³-hybridized carbons (Fsp3) is 0.467. The van der Waals surface area contributed by atoms with E-state index >= 15 is 0 Å². The highest BCUT2D eigenvalue weighted by molar-refractivity contribution is 5.91. The largest absolute Gasteiger partial charge is 0.349 e. The summed E-state index contributed by atoms with van der Waals surface area (Å²) in [5.74, 6) is -5.24. The molecule has 0 aliphatic heterocycles. The van der Waals surface area contributed by atoms with Crippen LogP contribution >= 0.6 is 0 Å². The van der Waals surface area contributed by atoms with E-state index in [9.17, 15) is 22.8 Å². The fourth-order valence-corrected chi connectivity index (χ4v) is 1.86. The Balaban J connectivity index is 2.53. The van der Waals surface area contributed by atoms with Gasteiger partial charge in [0, 0.05) is 6.04 Å². The smallest absolute Gasteiger partial charge is 0.279 e. The highest BCUT2D eigenvalue weighted by Gasteiger charge is 2.18. The van der Waals surface area contributed by atoms with Crippen LogP contribution in [0.25, 0.3) is 0 Å². The summed E-state index contributed by atoms with van der Waals surface area (Å²) in [5.41, 5.74) is -0.439. The van der Waals surface area contributed by atoms with E-state index in [4.69, 9.17) is 0 Å². The number of carbonyl (C=O) groups is 2. The Kier molecular flexibility index (Phi) is 7.02. The van der Waals surface area contributed by atoms with Gasteiger partial charge in [0.2, 0.25) is 0 Å². The zero-order chi connectivity index (χ0) is 17.6. The van der Waals surface area contributed by atoms with Crippen LogP contribution in [0.3, 0.4) is 0 Å². The van der Waals surface area contributed by atoms with Crippen LogP contribution in [0.4, 0.5) is 18.9 Å². The number of hydrogen-bond acceptors (Lipinski definition) is 2. The van der Waals surface area contributed by atoms with Crippen molar-refractivity contribution in [2.45, 2.75) is 26.3 Å². The van der Waals surface area contributed by atoms with Crippen molar-refractivity contribution in [1.82, 2.24) is 5.32 Å². The van der Waals surface area contributed by atoms with E-state index in [0.717, 1.165) is 18.6 Å². The number of nitrogens with one attached hydrogen (secondary N) is 3. The summed E-state index contributed by atoms with van der Waals surface area (Å²) in [5, 5.41) is 4.92. The number of rotatable bonds is 7. The molecule has 1 aromatic rings. The first-order chi connectivity index (χ1) is 10.7. The molecule has 0 radical (unpaired) electrons. The number of amides is 2. The number of likely N-dealkylation sites (N-methyl/N-ethyl adjacent to an activating group) is 1. The van der Waals surface area contributed by atoms with Crippen molar-refractivity contribution in [2.75, 3.05) is 25.5 Å². The molecule has 2 amide bonds. The first-order valence-electron chi connectivity index (χ1n) is 7.28. The van der Waals surface area contributed by atoms with Crippen LogP contribution in [0, 0.1) is 17.5 Å². The molecule has 0 aliphatic rings. The molecule has 0 aliphatic carbocycles. The Hall–Kier alpha value is -2.09. The summed E-state index contributed by atoms with van der Waals surface area (Å²) in [4.78, 5) is 24.0. The SMILES string of the molecule is CC[C@H](C)NC(=O)C[NH+](C)CC(=O)Nc1ccc(F)c(F)c1F. The Morgan fingerprint density at radius 2 is 1.74 bits per heavy atom. The van der Waals surface area contributed by atoms with Gasteiger partial charge in [0.05, 0.1) is 12.7 Å². The van der Waals surface area contributed by atoms with Gasteiger partial charge in [-0.25, -0.2) is 13.2 Å². The first-order valence-corrected chi connectivity index (χ1v) is 7.28. The molecule has 0 saturated carbocycles. The minimum atomic E-state index is -1.64. The normalized spacial score (nSPS) is 13.3. The lowest BCUT2D eigenvalue weighted by Crippen LogP contribution is -3.11. The second kappa shape index (κ2) is 8.52. The van der Waals surface area contributed by atoms with Gasteiger partial charge in [0.15, 0.2) is 30.5 Å². The average molecular weight is 332 g/mol. The van der Waals surface area contributed by atoms with Gasteiger partial charge >= 0.3 is 0 Å². The molecule has 5 nitrogen and oxygen atoms in total. The summed E-state index contributed by atoms with van der Waals surface area (Å²) in [7, 11) is 1.62. The predicted octanol–water partition coefficient (Wildman–Crippen LogP) is 0.472. The number of benzene rings is 1. The maximum atomic E-state index is 13.5. The number of anilines is 1. The lowest BCUT2D eigenvalue weighted by molar-refractivity contribution is -0.862. The summed E-state index contributed by atoms with van der Waals surface area (Å²) in [6, 6.07) is 1.71. The van der Waals surface area contributed by atoms with E-state index in [1.807, 2.05) is 13.8 Å². The van der Waals surface area contributed by atoms with E-state index in [1.165, 1.54) is 0 Å². The van der Waals surface area contributed by atoms with Gasteiger partial charge in [-0.1, -0.05) is 6.92 Å². The second-order valence-corrected chi connectivity index (χ2v) is 5.46. The number of halogens is 3. The standard InChI is InChI=1S/C15H20F3N3O2/c1-4-9(2)19-12(22)7-21(3)8-13(23)20-11-6-5-10(16)14(17)15(11)18/h5-6,9H,4,7-8H2,1-3H3,(H,19,22)(H,20,23)/p+1/t9-/m0/s1. The average Bonchev–Trinajstić information content (AvgIpc) is 2.47. The van der Waals surface area contributed by atoms with Crippen molar-refractivity contribution < 1.29 is 27.7 Å². The minimum Gasteiger partial charge on any atom is -0.349 e. The molecule has 8 heteroatoms.